The molecule has 1 N–H and O–H groups in total. The van der Waals surface area contributed by atoms with Crippen LogP contribution in [0.3, 0.4) is 0 Å². The van der Waals surface area contributed by atoms with Gasteiger partial charge in [-0.1, -0.05) is 70.9 Å². The molecule has 0 heterocycles. The lowest BCUT2D eigenvalue weighted by Gasteiger charge is -2.33. The molecule has 7 heteroatoms. The molecule has 0 saturated heterocycles. The van der Waals surface area contributed by atoms with E-state index in [1.165, 1.54) is 0 Å². The SMILES string of the molecule is CC(C)(C)COC(NC(=O)OCc1ccc(N=[N+]=[N-])cc1)C(C)(C)C. The fourth-order valence-electron chi connectivity index (χ4n) is 1.85. The maximum Gasteiger partial charge on any atom is 0.409 e. The molecule has 0 aromatic heterocycles. The van der Waals surface area contributed by atoms with Gasteiger partial charge in [0.25, 0.3) is 0 Å². The van der Waals surface area contributed by atoms with E-state index in [0.717, 1.165) is 5.56 Å². The minimum absolute atomic E-state index is 0.00272. The third-order valence-electron chi connectivity index (χ3n) is 3.18. The van der Waals surface area contributed by atoms with E-state index in [0.29, 0.717) is 12.3 Å². The van der Waals surface area contributed by atoms with Crippen molar-refractivity contribution in [2.75, 3.05) is 6.61 Å². The Kier molecular flexibility index (Phi) is 7.27. The second-order valence-electron chi connectivity index (χ2n) is 8.19. The van der Waals surface area contributed by atoms with Gasteiger partial charge < -0.3 is 9.47 Å². The van der Waals surface area contributed by atoms with Gasteiger partial charge in [0.2, 0.25) is 0 Å². The topological polar surface area (TPSA) is 96.3 Å². The van der Waals surface area contributed by atoms with Crippen LogP contribution in [0.15, 0.2) is 29.4 Å². The van der Waals surface area contributed by atoms with Gasteiger partial charge in [-0.3, -0.25) is 5.32 Å². The van der Waals surface area contributed by atoms with Crippen molar-refractivity contribution in [3.8, 4) is 0 Å². The number of amides is 1. The van der Waals surface area contributed by atoms with Crippen LogP contribution in [0.5, 0.6) is 0 Å². The van der Waals surface area contributed by atoms with Gasteiger partial charge in [-0.15, -0.1) is 0 Å². The molecule has 1 rings (SSSR count). The van der Waals surface area contributed by atoms with Gasteiger partial charge in [0.15, 0.2) is 0 Å². The van der Waals surface area contributed by atoms with Gasteiger partial charge >= 0.3 is 6.09 Å². The fraction of sp³-hybridized carbons (Fsp3) is 0.611. The number of hydrogen-bond acceptors (Lipinski definition) is 4. The number of alkyl carbamates (subject to hydrolysis) is 1. The number of ether oxygens (including phenoxy) is 2. The highest BCUT2D eigenvalue weighted by Crippen LogP contribution is 2.23. The minimum Gasteiger partial charge on any atom is -0.445 e. The Bertz CT molecular complexity index is 609. The van der Waals surface area contributed by atoms with Crippen LogP contribution in [0.1, 0.15) is 47.1 Å². The van der Waals surface area contributed by atoms with Crippen molar-refractivity contribution in [1.29, 1.82) is 0 Å². The number of nitrogens with one attached hydrogen (secondary N) is 1. The molecule has 0 bridgehead atoms. The number of carbonyl (C=O) groups excluding carboxylic acids is 1. The number of nitrogens with zero attached hydrogens (tertiary/aromatic N) is 3. The molecule has 0 aliphatic carbocycles. The Labute approximate surface area is 149 Å². The predicted octanol–water partition coefficient (Wildman–Crippen LogP) is 5.29. The summed E-state index contributed by atoms with van der Waals surface area (Å²) in [4.78, 5) is 14.8. The van der Waals surface area contributed by atoms with Crippen molar-refractivity contribution in [1.82, 2.24) is 5.32 Å². The van der Waals surface area contributed by atoms with E-state index < -0.39 is 12.3 Å². The zero-order chi connectivity index (χ0) is 19.1. The summed E-state index contributed by atoms with van der Waals surface area (Å²) in [6.07, 6.45) is -0.987. The predicted molar refractivity (Wildman–Crippen MR) is 97.2 cm³/mol. The molecule has 0 aliphatic rings. The maximum absolute atomic E-state index is 12.1. The number of azide groups is 1. The summed E-state index contributed by atoms with van der Waals surface area (Å²) in [5.74, 6) is 0. The fourth-order valence-corrected chi connectivity index (χ4v) is 1.85. The average Bonchev–Trinajstić information content (AvgIpc) is 2.49. The Balaban J connectivity index is 2.57. The van der Waals surface area contributed by atoms with Crippen molar-refractivity contribution in [3.63, 3.8) is 0 Å². The van der Waals surface area contributed by atoms with Crippen LogP contribution in [0, 0.1) is 10.8 Å². The van der Waals surface area contributed by atoms with Gasteiger partial charge in [0.1, 0.15) is 12.8 Å². The Morgan fingerprint density at radius 3 is 2.28 bits per heavy atom. The standard InChI is InChI=1S/C18H28N4O3/c1-17(2,3)12-25-15(18(4,5)6)20-16(23)24-11-13-7-9-14(10-8-13)21-22-19/h7-10,15H,11-12H2,1-6H3,(H,20,23). The van der Waals surface area contributed by atoms with E-state index >= 15 is 0 Å². The van der Waals surface area contributed by atoms with E-state index in [9.17, 15) is 4.79 Å². The molecule has 0 radical (unpaired) electrons. The van der Waals surface area contributed by atoms with Crippen molar-refractivity contribution in [3.05, 3.63) is 40.3 Å². The van der Waals surface area contributed by atoms with Crippen LogP contribution < -0.4 is 5.32 Å². The summed E-state index contributed by atoms with van der Waals surface area (Å²) in [7, 11) is 0. The first-order chi connectivity index (χ1) is 11.5. The monoisotopic (exact) mass is 348 g/mol. The molecule has 0 fully saturated rings. The largest absolute Gasteiger partial charge is 0.445 e. The van der Waals surface area contributed by atoms with Gasteiger partial charge in [0, 0.05) is 16.0 Å². The molecule has 0 aliphatic heterocycles. The number of benzene rings is 1. The molecule has 0 saturated carbocycles. The summed E-state index contributed by atoms with van der Waals surface area (Å²) in [5, 5.41) is 6.28. The van der Waals surface area contributed by atoms with Crippen LogP contribution >= 0.6 is 0 Å². The second kappa shape index (κ2) is 8.74. The molecule has 25 heavy (non-hydrogen) atoms. The smallest absolute Gasteiger partial charge is 0.409 e. The maximum atomic E-state index is 12.1. The second-order valence-corrected chi connectivity index (χ2v) is 8.19. The normalized spacial score (nSPS) is 12.9. The lowest BCUT2D eigenvalue weighted by atomic mass is 9.93. The highest BCUT2D eigenvalue weighted by Gasteiger charge is 2.29. The van der Waals surface area contributed by atoms with E-state index in [1.54, 1.807) is 24.3 Å². The summed E-state index contributed by atoms with van der Waals surface area (Å²) in [6, 6.07) is 6.82. The third-order valence-corrected chi connectivity index (χ3v) is 3.18. The van der Waals surface area contributed by atoms with Crippen molar-refractivity contribution in [2.45, 2.75) is 54.4 Å². The molecular formula is C18H28N4O3. The lowest BCUT2D eigenvalue weighted by Crippen LogP contribution is -2.46. The van der Waals surface area contributed by atoms with Gasteiger partial charge in [-0.25, -0.2) is 4.79 Å². The average molecular weight is 348 g/mol. The molecule has 0 spiro atoms. The van der Waals surface area contributed by atoms with E-state index in [4.69, 9.17) is 15.0 Å². The van der Waals surface area contributed by atoms with Crippen LogP contribution in [0.2, 0.25) is 0 Å². The first-order valence-corrected chi connectivity index (χ1v) is 8.20. The highest BCUT2D eigenvalue weighted by atomic mass is 16.6. The molecule has 1 unspecified atom stereocenters. The van der Waals surface area contributed by atoms with Gasteiger partial charge in [0.05, 0.1) is 6.61 Å². The highest BCUT2D eigenvalue weighted by molar-refractivity contribution is 5.67. The third kappa shape index (κ3) is 8.42. The van der Waals surface area contributed by atoms with Crippen molar-refractivity contribution >= 4 is 11.8 Å². The summed E-state index contributed by atoms with van der Waals surface area (Å²) in [5.41, 5.74) is 9.43. The van der Waals surface area contributed by atoms with E-state index in [1.807, 2.05) is 20.8 Å². The zero-order valence-corrected chi connectivity index (χ0v) is 15.9. The lowest BCUT2D eigenvalue weighted by molar-refractivity contribution is -0.0639. The molecule has 1 aromatic rings. The minimum atomic E-state index is -0.534. The van der Waals surface area contributed by atoms with Crippen molar-refractivity contribution < 1.29 is 14.3 Å². The van der Waals surface area contributed by atoms with Crippen LogP contribution in [-0.4, -0.2) is 18.9 Å². The molecule has 7 nitrogen and oxygen atoms in total. The van der Waals surface area contributed by atoms with Crippen molar-refractivity contribution in [2.24, 2.45) is 15.9 Å². The first-order valence-electron chi connectivity index (χ1n) is 8.20. The Morgan fingerprint density at radius 1 is 1.20 bits per heavy atom. The summed E-state index contributed by atoms with van der Waals surface area (Å²) in [6.45, 7) is 12.9. The molecule has 1 amide bonds. The number of hydrogen-bond donors (Lipinski definition) is 1. The quantitative estimate of drug-likeness (QED) is 0.327. The molecule has 138 valence electrons. The van der Waals surface area contributed by atoms with Crippen LogP contribution in [0.4, 0.5) is 10.5 Å². The molecular weight excluding hydrogens is 320 g/mol. The Hall–Kier alpha value is -2.24. The number of rotatable bonds is 6. The number of carbonyl (C=O) groups is 1. The van der Waals surface area contributed by atoms with E-state index in [-0.39, 0.29) is 17.4 Å². The van der Waals surface area contributed by atoms with Gasteiger partial charge in [-0.05, 0) is 16.5 Å². The summed E-state index contributed by atoms with van der Waals surface area (Å²) < 4.78 is 11.1. The van der Waals surface area contributed by atoms with Crippen LogP contribution in [-0.2, 0) is 16.1 Å². The van der Waals surface area contributed by atoms with E-state index in [2.05, 4.69) is 36.1 Å². The van der Waals surface area contributed by atoms with Gasteiger partial charge in [-0.2, -0.15) is 0 Å². The molecule has 1 aromatic carbocycles. The van der Waals surface area contributed by atoms with Crippen LogP contribution in [0.25, 0.3) is 10.4 Å². The zero-order valence-electron chi connectivity index (χ0n) is 15.9. The first kappa shape index (κ1) is 20.8. The summed E-state index contributed by atoms with van der Waals surface area (Å²) >= 11 is 0. The Morgan fingerprint density at radius 2 is 1.80 bits per heavy atom. The molecule has 1 atom stereocenters.